The minimum atomic E-state index is 0.405. The second-order valence-corrected chi connectivity index (χ2v) is 4.02. The van der Waals surface area contributed by atoms with Gasteiger partial charge in [0.05, 0.1) is 0 Å². The zero-order valence-corrected chi connectivity index (χ0v) is 9.66. The van der Waals surface area contributed by atoms with Crippen LogP contribution < -0.4 is 5.32 Å². The van der Waals surface area contributed by atoms with E-state index in [1.54, 1.807) is 6.07 Å². The Morgan fingerprint density at radius 3 is 2.73 bits per heavy atom. The standard InChI is InChI=1S/C13H21NO/c1-3-6-11(2)14-10-9-12-7-4-5-8-13(12)15/h4-5,7-8,11,14-15H,3,6,9-10H2,1-2H3. The summed E-state index contributed by atoms with van der Waals surface area (Å²) >= 11 is 0. The Morgan fingerprint density at radius 2 is 2.07 bits per heavy atom. The monoisotopic (exact) mass is 207 g/mol. The van der Waals surface area contributed by atoms with E-state index in [4.69, 9.17) is 0 Å². The van der Waals surface area contributed by atoms with Gasteiger partial charge in [0.25, 0.3) is 0 Å². The van der Waals surface area contributed by atoms with Crippen molar-refractivity contribution in [2.24, 2.45) is 0 Å². The number of phenolic OH excluding ortho intramolecular Hbond substituents is 1. The molecule has 0 fully saturated rings. The van der Waals surface area contributed by atoms with Gasteiger partial charge < -0.3 is 10.4 Å². The normalized spacial score (nSPS) is 12.7. The largest absolute Gasteiger partial charge is 0.508 e. The van der Waals surface area contributed by atoms with Crippen LogP contribution >= 0.6 is 0 Å². The van der Waals surface area contributed by atoms with Gasteiger partial charge in [0.1, 0.15) is 5.75 Å². The van der Waals surface area contributed by atoms with Crippen molar-refractivity contribution in [1.82, 2.24) is 5.32 Å². The first-order chi connectivity index (χ1) is 7.24. The SMILES string of the molecule is CCCC(C)NCCc1ccccc1O. The molecule has 0 saturated heterocycles. The van der Waals surface area contributed by atoms with Crippen LogP contribution in [0.25, 0.3) is 0 Å². The van der Waals surface area contributed by atoms with E-state index in [1.807, 2.05) is 18.2 Å². The molecular weight excluding hydrogens is 186 g/mol. The number of para-hydroxylation sites is 1. The first kappa shape index (κ1) is 12.1. The number of benzene rings is 1. The lowest BCUT2D eigenvalue weighted by atomic mass is 10.1. The lowest BCUT2D eigenvalue weighted by molar-refractivity contribution is 0.462. The summed E-state index contributed by atoms with van der Waals surface area (Å²) in [5.74, 6) is 0.405. The van der Waals surface area contributed by atoms with Gasteiger partial charge in [0.15, 0.2) is 0 Å². The summed E-state index contributed by atoms with van der Waals surface area (Å²) in [5, 5.41) is 13.0. The molecule has 1 aromatic carbocycles. The van der Waals surface area contributed by atoms with Crippen LogP contribution in [0.2, 0.25) is 0 Å². The van der Waals surface area contributed by atoms with Crippen LogP contribution in [0, 0.1) is 0 Å². The van der Waals surface area contributed by atoms with E-state index in [2.05, 4.69) is 19.2 Å². The van der Waals surface area contributed by atoms with Gasteiger partial charge in [0, 0.05) is 6.04 Å². The lowest BCUT2D eigenvalue weighted by Gasteiger charge is -2.12. The first-order valence-corrected chi connectivity index (χ1v) is 5.74. The number of rotatable bonds is 6. The van der Waals surface area contributed by atoms with E-state index in [-0.39, 0.29) is 0 Å². The summed E-state index contributed by atoms with van der Waals surface area (Å²) in [6, 6.07) is 8.10. The fourth-order valence-corrected chi connectivity index (χ4v) is 1.71. The molecular formula is C13H21NO. The number of phenols is 1. The maximum atomic E-state index is 9.55. The third-order valence-electron chi connectivity index (χ3n) is 2.60. The lowest BCUT2D eigenvalue weighted by Crippen LogP contribution is -2.27. The molecule has 2 heteroatoms. The molecule has 0 heterocycles. The van der Waals surface area contributed by atoms with Crippen LogP contribution in [0.15, 0.2) is 24.3 Å². The van der Waals surface area contributed by atoms with E-state index in [0.717, 1.165) is 18.5 Å². The molecule has 1 aromatic rings. The van der Waals surface area contributed by atoms with Gasteiger partial charge in [-0.3, -0.25) is 0 Å². The van der Waals surface area contributed by atoms with Crippen molar-refractivity contribution < 1.29 is 5.11 Å². The second kappa shape index (κ2) is 6.46. The Balaban J connectivity index is 2.29. The molecule has 0 aliphatic rings. The number of aromatic hydroxyl groups is 1. The van der Waals surface area contributed by atoms with Crippen molar-refractivity contribution in [2.75, 3.05) is 6.54 Å². The van der Waals surface area contributed by atoms with Crippen molar-refractivity contribution in [3.63, 3.8) is 0 Å². The van der Waals surface area contributed by atoms with E-state index >= 15 is 0 Å². The van der Waals surface area contributed by atoms with E-state index in [0.29, 0.717) is 11.8 Å². The molecule has 1 rings (SSSR count). The Labute approximate surface area is 92.3 Å². The number of nitrogens with one attached hydrogen (secondary N) is 1. The average molecular weight is 207 g/mol. The van der Waals surface area contributed by atoms with Crippen molar-refractivity contribution in [2.45, 2.75) is 39.2 Å². The zero-order valence-electron chi connectivity index (χ0n) is 9.66. The van der Waals surface area contributed by atoms with Gasteiger partial charge in [-0.25, -0.2) is 0 Å². The summed E-state index contributed by atoms with van der Waals surface area (Å²) in [6.45, 7) is 5.33. The topological polar surface area (TPSA) is 32.3 Å². The minimum absolute atomic E-state index is 0.405. The number of hydrogen-bond donors (Lipinski definition) is 2. The molecule has 84 valence electrons. The number of hydrogen-bond acceptors (Lipinski definition) is 2. The van der Waals surface area contributed by atoms with Crippen molar-refractivity contribution >= 4 is 0 Å². The van der Waals surface area contributed by atoms with Crippen LogP contribution in [-0.2, 0) is 6.42 Å². The molecule has 0 radical (unpaired) electrons. The Hall–Kier alpha value is -1.02. The van der Waals surface area contributed by atoms with E-state index in [9.17, 15) is 5.11 Å². The van der Waals surface area contributed by atoms with Gasteiger partial charge in [-0.1, -0.05) is 31.5 Å². The van der Waals surface area contributed by atoms with Crippen LogP contribution in [-0.4, -0.2) is 17.7 Å². The summed E-state index contributed by atoms with van der Waals surface area (Å²) in [7, 11) is 0. The third kappa shape index (κ3) is 4.34. The smallest absolute Gasteiger partial charge is 0.118 e. The Kier molecular flexibility index (Phi) is 5.19. The highest BCUT2D eigenvalue weighted by Gasteiger charge is 2.01. The summed E-state index contributed by atoms with van der Waals surface area (Å²) in [6.07, 6.45) is 3.31. The van der Waals surface area contributed by atoms with Crippen LogP contribution in [0.4, 0.5) is 0 Å². The molecule has 2 N–H and O–H groups in total. The fraction of sp³-hybridized carbons (Fsp3) is 0.538. The predicted octanol–water partition coefficient (Wildman–Crippen LogP) is 2.71. The van der Waals surface area contributed by atoms with Gasteiger partial charge in [-0.15, -0.1) is 0 Å². The molecule has 1 unspecified atom stereocenters. The molecule has 0 spiro atoms. The summed E-state index contributed by atoms with van der Waals surface area (Å²) in [5.41, 5.74) is 1.02. The molecule has 0 bridgehead atoms. The molecule has 0 aromatic heterocycles. The van der Waals surface area contributed by atoms with Crippen molar-refractivity contribution in [3.8, 4) is 5.75 Å². The van der Waals surface area contributed by atoms with E-state index in [1.165, 1.54) is 12.8 Å². The summed E-state index contributed by atoms with van der Waals surface area (Å²) < 4.78 is 0. The maximum Gasteiger partial charge on any atom is 0.118 e. The Bertz CT molecular complexity index is 286. The molecule has 0 amide bonds. The van der Waals surface area contributed by atoms with Crippen molar-refractivity contribution in [3.05, 3.63) is 29.8 Å². The molecule has 1 atom stereocenters. The average Bonchev–Trinajstić information content (AvgIpc) is 2.21. The van der Waals surface area contributed by atoms with Crippen LogP contribution in [0.5, 0.6) is 5.75 Å². The summed E-state index contributed by atoms with van der Waals surface area (Å²) in [4.78, 5) is 0. The van der Waals surface area contributed by atoms with Gasteiger partial charge in [-0.2, -0.15) is 0 Å². The highest BCUT2D eigenvalue weighted by molar-refractivity contribution is 5.31. The maximum absolute atomic E-state index is 9.55. The highest BCUT2D eigenvalue weighted by Crippen LogP contribution is 2.15. The van der Waals surface area contributed by atoms with Gasteiger partial charge in [-0.05, 0) is 37.9 Å². The van der Waals surface area contributed by atoms with E-state index < -0.39 is 0 Å². The molecule has 15 heavy (non-hydrogen) atoms. The quantitative estimate of drug-likeness (QED) is 0.751. The second-order valence-electron chi connectivity index (χ2n) is 4.02. The van der Waals surface area contributed by atoms with Gasteiger partial charge >= 0.3 is 0 Å². The molecule has 2 nitrogen and oxygen atoms in total. The zero-order chi connectivity index (χ0) is 11.1. The fourth-order valence-electron chi connectivity index (χ4n) is 1.71. The molecule has 0 aliphatic heterocycles. The Morgan fingerprint density at radius 1 is 1.33 bits per heavy atom. The predicted molar refractivity (Wildman–Crippen MR) is 64.2 cm³/mol. The van der Waals surface area contributed by atoms with Crippen LogP contribution in [0.3, 0.4) is 0 Å². The minimum Gasteiger partial charge on any atom is -0.508 e. The highest BCUT2D eigenvalue weighted by atomic mass is 16.3. The molecule has 0 aliphatic carbocycles. The first-order valence-electron chi connectivity index (χ1n) is 5.74. The van der Waals surface area contributed by atoms with Crippen molar-refractivity contribution in [1.29, 1.82) is 0 Å². The third-order valence-corrected chi connectivity index (χ3v) is 2.60. The van der Waals surface area contributed by atoms with Crippen LogP contribution in [0.1, 0.15) is 32.3 Å². The molecule has 0 saturated carbocycles. The van der Waals surface area contributed by atoms with Gasteiger partial charge in [0.2, 0.25) is 0 Å².